The van der Waals surface area contributed by atoms with Crippen molar-refractivity contribution < 1.29 is 14.7 Å². The van der Waals surface area contributed by atoms with E-state index in [-0.39, 0.29) is 18.4 Å². The Balaban J connectivity index is 4.54. The second-order valence-corrected chi connectivity index (χ2v) is 5.30. The van der Waals surface area contributed by atoms with E-state index in [0.29, 0.717) is 25.7 Å². The summed E-state index contributed by atoms with van der Waals surface area (Å²) >= 11 is 0. The molecule has 0 spiro atoms. The Hall–Kier alpha value is -1.36. The second-order valence-electron chi connectivity index (χ2n) is 5.30. The average molecular weight is 270 g/mol. The maximum absolute atomic E-state index is 11.6. The van der Waals surface area contributed by atoms with Crippen LogP contribution in [0.1, 0.15) is 25.7 Å². The Labute approximate surface area is 115 Å². The number of nitrogens with zero attached hydrogens (tertiary/aromatic N) is 2. The van der Waals surface area contributed by atoms with Gasteiger partial charge in [-0.25, -0.2) is 0 Å². The van der Waals surface area contributed by atoms with Crippen LogP contribution in [-0.4, -0.2) is 61.5 Å². The predicted octanol–water partition coefficient (Wildman–Crippen LogP) is 0.888. The number of rotatable bonds is 8. The fourth-order valence-corrected chi connectivity index (χ4v) is 1.71. The van der Waals surface area contributed by atoms with Crippen LogP contribution in [0.25, 0.3) is 0 Å². The molecule has 0 heterocycles. The summed E-state index contributed by atoms with van der Waals surface area (Å²) in [6.45, 7) is 3.64. The minimum atomic E-state index is -0.558. The zero-order valence-corrected chi connectivity index (χ0v) is 12.5. The van der Waals surface area contributed by atoms with Crippen LogP contribution in [-0.2, 0) is 9.59 Å². The number of hydrogen-bond donors (Lipinski definition) is 1. The highest BCUT2D eigenvalue weighted by Crippen LogP contribution is 2.31. The number of aliphatic hydroxyl groups is 1. The average Bonchev–Trinajstić information content (AvgIpc) is 2.38. The summed E-state index contributed by atoms with van der Waals surface area (Å²) < 4.78 is 0. The summed E-state index contributed by atoms with van der Waals surface area (Å²) in [5.74, 6) is 0.0252. The first-order valence-electron chi connectivity index (χ1n) is 6.43. The van der Waals surface area contributed by atoms with E-state index >= 15 is 0 Å². The molecule has 0 aliphatic heterocycles. The van der Waals surface area contributed by atoms with Crippen molar-refractivity contribution in [2.24, 2.45) is 5.41 Å². The monoisotopic (exact) mass is 270 g/mol. The van der Waals surface area contributed by atoms with E-state index in [9.17, 15) is 14.7 Å². The topological polar surface area (TPSA) is 60.9 Å². The van der Waals surface area contributed by atoms with Crippen LogP contribution < -0.4 is 0 Å². The normalized spacial score (nSPS) is 11.0. The quantitative estimate of drug-likeness (QED) is 0.666. The molecule has 0 fully saturated rings. The third-order valence-electron chi connectivity index (χ3n) is 3.42. The molecule has 0 saturated carbocycles. The first-order valence-corrected chi connectivity index (χ1v) is 6.43. The van der Waals surface area contributed by atoms with Gasteiger partial charge in [-0.2, -0.15) is 0 Å². The van der Waals surface area contributed by atoms with Gasteiger partial charge in [-0.1, -0.05) is 6.08 Å². The van der Waals surface area contributed by atoms with Gasteiger partial charge >= 0.3 is 0 Å². The molecule has 0 radical (unpaired) electrons. The van der Waals surface area contributed by atoms with Crippen molar-refractivity contribution in [1.29, 1.82) is 0 Å². The molecule has 0 rings (SSSR count). The van der Waals surface area contributed by atoms with Crippen LogP contribution >= 0.6 is 0 Å². The van der Waals surface area contributed by atoms with E-state index in [1.54, 1.807) is 34.3 Å². The molecular weight excluding hydrogens is 244 g/mol. The third kappa shape index (κ3) is 5.87. The summed E-state index contributed by atoms with van der Waals surface area (Å²) in [4.78, 5) is 26.3. The van der Waals surface area contributed by atoms with Crippen molar-refractivity contribution in [2.75, 3.05) is 34.8 Å². The van der Waals surface area contributed by atoms with Gasteiger partial charge in [0, 0.05) is 46.4 Å². The predicted molar refractivity (Wildman–Crippen MR) is 75.6 cm³/mol. The highest BCUT2D eigenvalue weighted by molar-refractivity contribution is 5.76. The van der Waals surface area contributed by atoms with Gasteiger partial charge in [-0.05, 0) is 12.8 Å². The lowest BCUT2D eigenvalue weighted by molar-refractivity contribution is -0.129. The summed E-state index contributed by atoms with van der Waals surface area (Å²) in [6, 6.07) is 0. The Morgan fingerprint density at radius 1 is 1.05 bits per heavy atom. The Morgan fingerprint density at radius 3 is 1.63 bits per heavy atom. The van der Waals surface area contributed by atoms with E-state index in [4.69, 9.17) is 0 Å². The van der Waals surface area contributed by atoms with Gasteiger partial charge in [0.05, 0.1) is 6.61 Å². The largest absolute Gasteiger partial charge is 0.395 e. The lowest BCUT2D eigenvalue weighted by atomic mass is 9.79. The molecule has 19 heavy (non-hydrogen) atoms. The van der Waals surface area contributed by atoms with Gasteiger partial charge in [-0.15, -0.1) is 6.58 Å². The Morgan fingerprint density at radius 2 is 1.42 bits per heavy atom. The van der Waals surface area contributed by atoms with Crippen molar-refractivity contribution in [3.05, 3.63) is 12.7 Å². The number of hydrogen-bond acceptors (Lipinski definition) is 3. The summed E-state index contributed by atoms with van der Waals surface area (Å²) in [6.07, 6.45) is 3.36. The molecule has 0 aliphatic rings. The first-order chi connectivity index (χ1) is 8.78. The fraction of sp³-hybridized carbons (Fsp3) is 0.714. The van der Waals surface area contributed by atoms with Crippen LogP contribution in [0.5, 0.6) is 0 Å². The summed E-state index contributed by atoms with van der Waals surface area (Å²) in [5.41, 5.74) is -0.558. The third-order valence-corrected chi connectivity index (χ3v) is 3.42. The molecule has 0 saturated heterocycles. The van der Waals surface area contributed by atoms with Crippen molar-refractivity contribution in [1.82, 2.24) is 9.80 Å². The molecule has 0 atom stereocenters. The van der Waals surface area contributed by atoms with Crippen LogP contribution in [0.2, 0.25) is 0 Å². The van der Waals surface area contributed by atoms with Gasteiger partial charge < -0.3 is 14.9 Å². The minimum absolute atomic E-state index is 0.0126. The van der Waals surface area contributed by atoms with E-state index in [0.717, 1.165) is 0 Å². The maximum Gasteiger partial charge on any atom is 0.222 e. The van der Waals surface area contributed by atoms with Crippen molar-refractivity contribution >= 4 is 11.8 Å². The van der Waals surface area contributed by atoms with Gasteiger partial charge in [-0.3, -0.25) is 9.59 Å². The zero-order chi connectivity index (χ0) is 15.1. The standard InChI is InChI=1S/C14H26N2O3/c1-6-14(11-17,9-7-12(18)15(2)3)10-8-13(19)16(4)5/h6,17H,1,7-11H2,2-5H3. The Kier molecular flexibility index (Phi) is 7.37. The van der Waals surface area contributed by atoms with Crippen molar-refractivity contribution in [2.45, 2.75) is 25.7 Å². The van der Waals surface area contributed by atoms with Crippen LogP contribution in [0.15, 0.2) is 12.7 Å². The lowest BCUT2D eigenvalue weighted by Crippen LogP contribution is -2.30. The lowest BCUT2D eigenvalue weighted by Gasteiger charge is -2.29. The number of carbonyl (C=O) groups is 2. The van der Waals surface area contributed by atoms with E-state index in [2.05, 4.69) is 6.58 Å². The molecule has 0 aromatic carbocycles. The van der Waals surface area contributed by atoms with Crippen LogP contribution in [0.3, 0.4) is 0 Å². The first kappa shape index (κ1) is 17.6. The van der Waals surface area contributed by atoms with Crippen molar-refractivity contribution in [3.8, 4) is 0 Å². The van der Waals surface area contributed by atoms with Gasteiger partial charge in [0.1, 0.15) is 0 Å². The molecule has 0 unspecified atom stereocenters. The summed E-state index contributed by atoms with van der Waals surface area (Å²) in [7, 11) is 6.80. The molecule has 110 valence electrons. The number of amides is 2. The summed E-state index contributed by atoms with van der Waals surface area (Å²) in [5, 5.41) is 9.56. The van der Waals surface area contributed by atoms with Crippen LogP contribution in [0.4, 0.5) is 0 Å². The molecule has 5 nitrogen and oxygen atoms in total. The Bertz CT molecular complexity index is 301. The molecule has 2 amide bonds. The SMILES string of the molecule is C=CC(CO)(CCC(=O)N(C)C)CCC(=O)N(C)C. The molecule has 5 heteroatoms. The van der Waals surface area contributed by atoms with Gasteiger partial charge in [0.2, 0.25) is 11.8 Å². The zero-order valence-electron chi connectivity index (χ0n) is 12.5. The van der Waals surface area contributed by atoms with Gasteiger partial charge in [0.15, 0.2) is 0 Å². The van der Waals surface area contributed by atoms with Crippen molar-refractivity contribution in [3.63, 3.8) is 0 Å². The highest BCUT2D eigenvalue weighted by Gasteiger charge is 2.27. The molecule has 0 aromatic rings. The molecule has 0 aromatic heterocycles. The van der Waals surface area contributed by atoms with Crippen LogP contribution in [0, 0.1) is 5.41 Å². The smallest absolute Gasteiger partial charge is 0.222 e. The molecule has 1 N–H and O–H groups in total. The van der Waals surface area contributed by atoms with E-state index < -0.39 is 5.41 Å². The van der Waals surface area contributed by atoms with Gasteiger partial charge in [0.25, 0.3) is 0 Å². The molecular formula is C14H26N2O3. The fourth-order valence-electron chi connectivity index (χ4n) is 1.71. The van der Waals surface area contributed by atoms with E-state index in [1.165, 1.54) is 9.80 Å². The number of aliphatic hydroxyl groups excluding tert-OH is 1. The molecule has 0 aliphatic carbocycles. The molecule has 0 bridgehead atoms. The maximum atomic E-state index is 11.6. The highest BCUT2D eigenvalue weighted by atomic mass is 16.3. The van der Waals surface area contributed by atoms with E-state index in [1.807, 2.05) is 0 Å². The number of carbonyl (C=O) groups excluding carboxylic acids is 2. The minimum Gasteiger partial charge on any atom is -0.395 e. The second kappa shape index (κ2) is 7.94.